The summed E-state index contributed by atoms with van der Waals surface area (Å²) in [7, 11) is 0. The molecule has 1 aromatic heterocycles. The van der Waals surface area contributed by atoms with Crippen LogP contribution in [0.5, 0.6) is 0 Å². The molecule has 0 saturated heterocycles. The summed E-state index contributed by atoms with van der Waals surface area (Å²) in [6.07, 6.45) is 0. The lowest BCUT2D eigenvalue weighted by Gasteiger charge is -2.05. The highest BCUT2D eigenvalue weighted by Crippen LogP contribution is 2.21. The van der Waals surface area contributed by atoms with Crippen molar-refractivity contribution in [2.45, 2.75) is 6.54 Å². The summed E-state index contributed by atoms with van der Waals surface area (Å²) in [5, 5.41) is 0. The Morgan fingerprint density at radius 1 is 1.25 bits per heavy atom. The van der Waals surface area contributed by atoms with E-state index < -0.39 is 5.76 Å². The summed E-state index contributed by atoms with van der Waals surface area (Å²) in [5.74, 6) is -0.781. The summed E-state index contributed by atoms with van der Waals surface area (Å²) < 4.78 is 21.8. The van der Waals surface area contributed by atoms with Crippen molar-refractivity contribution in [2.24, 2.45) is 0 Å². The minimum Gasteiger partial charge on any atom is -0.408 e. The molecule has 1 heterocycles. The SMILES string of the molecule is O=c1oc2cc(I)ccc2n1Cc1cc(F)ccc1Br. The molecule has 0 aliphatic rings. The van der Waals surface area contributed by atoms with Crippen LogP contribution in [0.25, 0.3) is 11.1 Å². The number of benzene rings is 2. The van der Waals surface area contributed by atoms with Crippen molar-refractivity contribution in [3.8, 4) is 0 Å². The summed E-state index contributed by atoms with van der Waals surface area (Å²) in [6, 6.07) is 9.92. The zero-order valence-corrected chi connectivity index (χ0v) is 13.8. The standard InChI is InChI=1S/C14H8BrFINO2/c15-11-3-1-9(16)5-8(11)7-18-12-4-2-10(17)6-13(12)20-14(18)19/h1-6H,7H2. The van der Waals surface area contributed by atoms with E-state index in [0.717, 1.165) is 8.04 Å². The average molecular weight is 448 g/mol. The van der Waals surface area contributed by atoms with Crippen LogP contribution in [-0.2, 0) is 6.54 Å². The molecule has 6 heteroatoms. The van der Waals surface area contributed by atoms with Gasteiger partial charge in [-0.05, 0) is 64.6 Å². The first kappa shape index (κ1) is 13.8. The number of rotatable bonds is 2. The molecule has 0 aliphatic heterocycles. The van der Waals surface area contributed by atoms with Gasteiger partial charge in [0.2, 0.25) is 0 Å². The molecular weight excluding hydrogens is 440 g/mol. The fraction of sp³-hybridized carbons (Fsp3) is 0.0714. The smallest absolute Gasteiger partial charge is 0.408 e. The molecule has 0 atom stereocenters. The zero-order chi connectivity index (χ0) is 14.3. The van der Waals surface area contributed by atoms with Gasteiger partial charge in [0.05, 0.1) is 12.1 Å². The lowest BCUT2D eigenvalue weighted by molar-refractivity contribution is 0.516. The molecule has 0 N–H and O–H groups in total. The van der Waals surface area contributed by atoms with E-state index in [0.29, 0.717) is 16.7 Å². The Kier molecular flexibility index (Phi) is 3.68. The van der Waals surface area contributed by atoms with Gasteiger partial charge in [-0.15, -0.1) is 0 Å². The molecule has 0 saturated carbocycles. The summed E-state index contributed by atoms with van der Waals surface area (Å²) >= 11 is 5.52. The molecule has 3 nitrogen and oxygen atoms in total. The van der Waals surface area contributed by atoms with Crippen molar-refractivity contribution in [3.05, 3.63) is 66.4 Å². The highest BCUT2D eigenvalue weighted by atomic mass is 127. The maximum absolute atomic E-state index is 13.3. The molecule has 0 aliphatic carbocycles. The monoisotopic (exact) mass is 447 g/mol. The normalized spacial score (nSPS) is 11.2. The second-order valence-electron chi connectivity index (χ2n) is 4.30. The Bertz CT molecular complexity index is 856. The molecule has 0 spiro atoms. The van der Waals surface area contributed by atoms with Crippen LogP contribution in [0.15, 0.2) is 50.1 Å². The number of nitrogens with zero attached hydrogens (tertiary/aromatic N) is 1. The lowest BCUT2D eigenvalue weighted by atomic mass is 10.2. The van der Waals surface area contributed by atoms with Gasteiger partial charge in [-0.1, -0.05) is 15.9 Å². The summed E-state index contributed by atoms with van der Waals surface area (Å²) in [6.45, 7) is 0.255. The van der Waals surface area contributed by atoms with E-state index in [1.54, 1.807) is 12.1 Å². The third-order valence-electron chi connectivity index (χ3n) is 2.97. The Balaban J connectivity index is 2.13. The first-order valence-corrected chi connectivity index (χ1v) is 7.64. The second-order valence-corrected chi connectivity index (χ2v) is 6.40. The van der Waals surface area contributed by atoms with Crippen molar-refractivity contribution in [3.63, 3.8) is 0 Å². The van der Waals surface area contributed by atoms with Crippen molar-refractivity contribution in [1.82, 2.24) is 4.57 Å². The van der Waals surface area contributed by atoms with E-state index in [1.165, 1.54) is 16.7 Å². The van der Waals surface area contributed by atoms with E-state index in [9.17, 15) is 9.18 Å². The van der Waals surface area contributed by atoms with Crippen LogP contribution in [0.4, 0.5) is 4.39 Å². The van der Waals surface area contributed by atoms with Gasteiger partial charge in [-0.25, -0.2) is 9.18 Å². The lowest BCUT2D eigenvalue weighted by Crippen LogP contribution is -2.15. The summed E-state index contributed by atoms with van der Waals surface area (Å²) in [5.41, 5.74) is 1.93. The number of oxazole rings is 1. The molecule has 0 radical (unpaired) electrons. The average Bonchev–Trinajstić information content (AvgIpc) is 2.69. The van der Waals surface area contributed by atoms with Gasteiger partial charge in [0.15, 0.2) is 5.58 Å². The van der Waals surface area contributed by atoms with E-state index >= 15 is 0 Å². The quantitative estimate of drug-likeness (QED) is 0.553. The predicted octanol–water partition coefficient (Wildman–Crippen LogP) is 4.15. The fourth-order valence-electron chi connectivity index (χ4n) is 2.02. The van der Waals surface area contributed by atoms with Gasteiger partial charge in [0, 0.05) is 8.04 Å². The molecule has 3 rings (SSSR count). The van der Waals surface area contributed by atoms with Crippen LogP contribution in [0.2, 0.25) is 0 Å². The van der Waals surface area contributed by atoms with Gasteiger partial charge in [0.1, 0.15) is 5.82 Å². The first-order chi connectivity index (χ1) is 9.54. The topological polar surface area (TPSA) is 35.1 Å². The number of fused-ring (bicyclic) bond motifs is 1. The van der Waals surface area contributed by atoms with Crippen molar-refractivity contribution < 1.29 is 8.81 Å². The van der Waals surface area contributed by atoms with Gasteiger partial charge in [-0.2, -0.15) is 0 Å². The van der Waals surface area contributed by atoms with E-state index in [-0.39, 0.29) is 12.4 Å². The summed E-state index contributed by atoms with van der Waals surface area (Å²) in [4.78, 5) is 11.9. The van der Waals surface area contributed by atoms with Gasteiger partial charge in [0.25, 0.3) is 0 Å². The third-order valence-corrected chi connectivity index (χ3v) is 4.41. The number of hydrogen-bond acceptors (Lipinski definition) is 2. The first-order valence-electron chi connectivity index (χ1n) is 5.77. The van der Waals surface area contributed by atoms with Crippen molar-refractivity contribution >= 4 is 49.6 Å². The third kappa shape index (κ3) is 2.54. The van der Waals surface area contributed by atoms with E-state index in [1.807, 2.05) is 12.1 Å². The van der Waals surface area contributed by atoms with Crippen molar-refractivity contribution in [1.29, 1.82) is 0 Å². The van der Waals surface area contributed by atoms with Crippen molar-refractivity contribution in [2.75, 3.05) is 0 Å². The van der Waals surface area contributed by atoms with E-state index in [2.05, 4.69) is 38.5 Å². The van der Waals surface area contributed by atoms with Crippen LogP contribution in [0.1, 0.15) is 5.56 Å². The fourth-order valence-corrected chi connectivity index (χ4v) is 2.86. The Morgan fingerprint density at radius 3 is 2.85 bits per heavy atom. The van der Waals surface area contributed by atoms with Gasteiger partial charge in [-0.3, -0.25) is 4.57 Å². The minimum absolute atomic E-state index is 0.255. The molecule has 2 aromatic carbocycles. The van der Waals surface area contributed by atoms with Gasteiger partial charge < -0.3 is 4.42 Å². The molecule has 0 bridgehead atoms. The van der Waals surface area contributed by atoms with Crippen LogP contribution >= 0.6 is 38.5 Å². The Morgan fingerprint density at radius 2 is 2.05 bits per heavy atom. The minimum atomic E-state index is -0.446. The van der Waals surface area contributed by atoms with Crippen LogP contribution in [-0.4, -0.2) is 4.57 Å². The molecule has 20 heavy (non-hydrogen) atoms. The number of aromatic nitrogens is 1. The molecule has 0 fully saturated rings. The van der Waals surface area contributed by atoms with Crippen LogP contribution < -0.4 is 5.76 Å². The van der Waals surface area contributed by atoms with E-state index in [4.69, 9.17) is 4.42 Å². The Labute approximate surface area is 135 Å². The molecular formula is C14H8BrFINO2. The maximum Gasteiger partial charge on any atom is 0.420 e. The maximum atomic E-state index is 13.3. The Hall–Kier alpha value is -1.15. The largest absolute Gasteiger partial charge is 0.420 e. The molecule has 3 aromatic rings. The zero-order valence-electron chi connectivity index (χ0n) is 10.1. The van der Waals surface area contributed by atoms with Crippen LogP contribution in [0, 0.1) is 9.39 Å². The number of hydrogen-bond donors (Lipinski definition) is 0. The number of halogens is 3. The molecule has 102 valence electrons. The van der Waals surface area contributed by atoms with Gasteiger partial charge >= 0.3 is 5.76 Å². The predicted molar refractivity (Wildman–Crippen MR) is 86.4 cm³/mol. The second kappa shape index (κ2) is 5.33. The highest BCUT2D eigenvalue weighted by Gasteiger charge is 2.12. The molecule has 0 amide bonds. The molecule has 0 unspecified atom stereocenters. The van der Waals surface area contributed by atoms with Crippen LogP contribution in [0.3, 0.4) is 0 Å². The highest BCUT2D eigenvalue weighted by molar-refractivity contribution is 14.1.